The maximum Gasteiger partial charge on any atom is 0.668 e. The van der Waals surface area contributed by atoms with Crippen LogP contribution in [0.1, 0.15) is 0 Å². The van der Waals surface area contributed by atoms with Crippen molar-refractivity contribution in [3.63, 3.8) is 0 Å². The maximum absolute atomic E-state index is 7.33. The average Bonchev–Trinajstić information content (AvgIpc) is 0.722. The Morgan fingerprint density at radius 3 is 0.857 bits per heavy atom. The fourth-order valence-electron chi connectivity index (χ4n) is 0. The van der Waals surface area contributed by atoms with Crippen molar-refractivity contribution in [2.75, 3.05) is 0 Å². The minimum atomic E-state index is -4.61. The minimum Gasteiger partial charge on any atom is -0.368 e. The molecule has 0 saturated heterocycles. The third-order valence-electron chi connectivity index (χ3n) is 0. The Hall–Kier alpha value is 2.12. The summed E-state index contributed by atoms with van der Waals surface area (Å²) in [5.74, 6) is 0. The molecule has 0 bridgehead atoms. The Labute approximate surface area is 88.4 Å². The second-order valence-electron chi connectivity index (χ2n) is 0.600. The smallest absolute Gasteiger partial charge is 0.368 e. The van der Waals surface area contributed by atoms with Crippen LogP contribution in [0.5, 0.6) is 0 Å². The molecule has 2 radical (unpaired) electrons. The Kier molecular flexibility index (Phi) is 14.3. The summed E-state index contributed by atoms with van der Waals surface area (Å²) < 4.78 is 0. The van der Waals surface area contributed by atoms with Gasteiger partial charge in [0.25, 0.3) is 0 Å². The summed E-state index contributed by atoms with van der Waals surface area (Å²) in [6.07, 6.45) is 0. The molecule has 0 saturated carbocycles. The van der Waals surface area contributed by atoms with Gasteiger partial charge in [0.1, 0.15) is 0 Å². The molecular formula is H4LaO4ScSi. The zero-order valence-electron chi connectivity index (χ0n) is 3.44. The second-order valence-corrected chi connectivity index (χ2v) is 1.80. The molecule has 0 heterocycles. The molecule has 0 amide bonds. The first-order valence-corrected chi connectivity index (χ1v) is 2.68. The molecule has 38 valence electrons. The van der Waals surface area contributed by atoms with Crippen LogP contribution in [0.3, 0.4) is 0 Å². The largest absolute Gasteiger partial charge is 0.668 e. The van der Waals surface area contributed by atoms with Crippen molar-refractivity contribution in [2.24, 2.45) is 0 Å². The summed E-state index contributed by atoms with van der Waals surface area (Å²) in [5, 5.41) is 0. The van der Waals surface area contributed by atoms with Crippen LogP contribution >= 0.6 is 0 Å². The van der Waals surface area contributed by atoms with Gasteiger partial charge >= 0.3 is 9.05 Å². The molecule has 0 aliphatic heterocycles. The molecule has 7 heavy (non-hydrogen) atoms. The van der Waals surface area contributed by atoms with Crippen molar-refractivity contribution in [2.45, 2.75) is 0 Å². The van der Waals surface area contributed by atoms with Gasteiger partial charge < -0.3 is 19.2 Å². The van der Waals surface area contributed by atoms with Crippen LogP contribution in [-0.2, 0) is 25.8 Å². The minimum absolute atomic E-state index is 0. The summed E-state index contributed by atoms with van der Waals surface area (Å²) in [7, 11) is -4.61. The Bertz CT molecular complexity index is 27.2. The third-order valence-corrected chi connectivity index (χ3v) is 0. The Morgan fingerprint density at radius 1 is 0.857 bits per heavy atom. The Morgan fingerprint density at radius 2 is 0.857 bits per heavy atom. The van der Waals surface area contributed by atoms with Crippen molar-refractivity contribution in [3.8, 4) is 0 Å². The zero-order valence-corrected chi connectivity index (χ0v) is 9.87. The summed E-state index contributed by atoms with van der Waals surface area (Å²) in [4.78, 5) is 29.3. The molecule has 0 aromatic rings. The van der Waals surface area contributed by atoms with Gasteiger partial charge in [-0.3, -0.25) is 0 Å². The van der Waals surface area contributed by atoms with Crippen molar-refractivity contribution in [3.05, 3.63) is 0 Å². The van der Waals surface area contributed by atoms with Crippen LogP contribution in [0.25, 0.3) is 0 Å². The maximum atomic E-state index is 7.33. The van der Waals surface area contributed by atoms with Gasteiger partial charge in [-0.05, 0) is 0 Å². The summed E-state index contributed by atoms with van der Waals surface area (Å²) in [5.41, 5.74) is 0. The topological polar surface area (TPSA) is 80.9 Å². The van der Waals surface area contributed by atoms with Crippen molar-refractivity contribution >= 4 is 9.05 Å². The van der Waals surface area contributed by atoms with Gasteiger partial charge in [-0.25, -0.2) is 0 Å². The van der Waals surface area contributed by atoms with Gasteiger partial charge in [0.15, 0.2) is 0 Å². The third kappa shape index (κ3) is 67.6. The van der Waals surface area contributed by atoms with Crippen LogP contribution in [0.2, 0.25) is 0 Å². The normalized spacial score (nSPS) is 8.57. The number of hydrogen-bond acceptors (Lipinski definition) is 4. The first kappa shape index (κ1) is 16.1. The molecule has 4 nitrogen and oxygen atoms in total. The molecule has 0 aliphatic carbocycles. The molecule has 0 unspecified atom stereocenters. The van der Waals surface area contributed by atoms with E-state index in [2.05, 4.69) is 0 Å². The first-order chi connectivity index (χ1) is 2.00. The molecule has 0 atom stereocenters. The van der Waals surface area contributed by atoms with E-state index >= 15 is 0 Å². The van der Waals surface area contributed by atoms with E-state index in [-0.39, 0.29) is 61.4 Å². The average molecular weight is 280 g/mol. The number of rotatable bonds is 0. The number of hydrogen-bond donors (Lipinski definition) is 4. The van der Waals surface area contributed by atoms with E-state index in [4.69, 9.17) is 19.2 Å². The summed E-state index contributed by atoms with van der Waals surface area (Å²) in [6.45, 7) is 0. The summed E-state index contributed by atoms with van der Waals surface area (Å²) in [6, 6.07) is 0. The fourth-order valence-corrected chi connectivity index (χ4v) is 0. The van der Waals surface area contributed by atoms with Crippen LogP contribution in [0.15, 0.2) is 0 Å². The molecule has 0 aliphatic rings. The molecule has 0 spiro atoms. The predicted molar refractivity (Wildman–Crippen MR) is 14.6 cm³/mol. The quantitative estimate of drug-likeness (QED) is 0.366. The molecular weight excluding hydrogens is 276 g/mol. The van der Waals surface area contributed by atoms with Gasteiger partial charge in [-0.2, -0.15) is 0 Å². The Balaban J connectivity index is -0.0000000800. The van der Waals surface area contributed by atoms with Crippen LogP contribution in [-0.4, -0.2) is 28.2 Å². The van der Waals surface area contributed by atoms with E-state index in [1.807, 2.05) is 0 Å². The first-order valence-electron chi connectivity index (χ1n) is 0.894. The van der Waals surface area contributed by atoms with E-state index < -0.39 is 9.05 Å². The van der Waals surface area contributed by atoms with Gasteiger partial charge in [-0.15, -0.1) is 0 Å². The molecule has 0 aromatic heterocycles. The standard InChI is InChI=1S/La.H4O4Si.Sc/c;1-5(2,3)4;/h;1-4H;. The van der Waals surface area contributed by atoms with E-state index in [1.54, 1.807) is 0 Å². The van der Waals surface area contributed by atoms with E-state index in [9.17, 15) is 0 Å². The molecule has 7 heteroatoms. The van der Waals surface area contributed by atoms with Crippen molar-refractivity contribution in [1.29, 1.82) is 0 Å². The SMILES string of the molecule is O[Si](O)(O)O.[La].[Sc]. The molecule has 0 aromatic carbocycles. The van der Waals surface area contributed by atoms with Crippen LogP contribution in [0, 0.1) is 35.6 Å². The fraction of sp³-hybridized carbons (Fsp3) is 0. The van der Waals surface area contributed by atoms with Crippen molar-refractivity contribution < 1.29 is 80.6 Å². The molecule has 4 N–H and O–H groups in total. The molecule has 0 rings (SSSR count). The second kappa shape index (κ2) is 6.24. The van der Waals surface area contributed by atoms with Gasteiger partial charge in [0.05, 0.1) is 0 Å². The van der Waals surface area contributed by atoms with Gasteiger partial charge in [-0.1, -0.05) is 0 Å². The molecule has 0 fully saturated rings. The summed E-state index contributed by atoms with van der Waals surface area (Å²) >= 11 is 0. The predicted octanol–water partition coefficient (Wildman–Crippen LogP) is -2.61. The van der Waals surface area contributed by atoms with Crippen LogP contribution in [0.4, 0.5) is 0 Å². The van der Waals surface area contributed by atoms with Crippen LogP contribution < -0.4 is 0 Å². The van der Waals surface area contributed by atoms with Gasteiger partial charge in [0, 0.05) is 61.4 Å². The van der Waals surface area contributed by atoms with E-state index in [1.165, 1.54) is 0 Å². The zero-order chi connectivity index (χ0) is 4.50. The van der Waals surface area contributed by atoms with Crippen molar-refractivity contribution in [1.82, 2.24) is 0 Å². The van der Waals surface area contributed by atoms with E-state index in [0.29, 0.717) is 0 Å². The van der Waals surface area contributed by atoms with Gasteiger partial charge in [0.2, 0.25) is 0 Å². The monoisotopic (exact) mass is 280 g/mol. The van der Waals surface area contributed by atoms with E-state index in [0.717, 1.165) is 0 Å².